The minimum Gasteiger partial charge on any atom is -0.507 e. The van der Waals surface area contributed by atoms with E-state index in [4.69, 9.17) is 16.3 Å². The van der Waals surface area contributed by atoms with Crippen molar-refractivity contribution < 1.29 is 24.2 Å². The van der Waals surface area contributed by atoms with E-state index in [1.54, 1.807) is 31.3 Å². The first-order valence-electron chi connectivity index (χ1n) is 15.4. The number of para-hydroxylation sites is 1. The second-order valence-corrected chi connectivity index (χ2v) is 12.1. The average molecular weight is 635 g/mol. The number of anilines is 2. The Kier molecular flexibility index (Phi) is 11.8. The molecule has 9 nitrogen and oxygen atoms in total. The van der Waals surface area contributed by atoms with Crippen molar-refractivity contribution in [2.24, 2.45) is 0 Å². The fraction of sp³-hybridized carbons (Fsp3) is 0.400. The molecule has 1 aliphatic heterocycles. The Hall–Kier alpha value is -4.08. The molecule has 4 rings (SSSR count). The Labute approximate surface area is 270 Å². The second-order valence-electron chi connectivity index (χ2n) is 11.7. The van der Waals surface area contributed by atoms with Crippen molar-refractivity contribution in [3.05, 3.63) is 82.4 Å². The molecule has 0 spiro atoms. The van der Waals surface area contributed by atoms with E-state index in [-0.39, 0.29) is 28.1 Å². The minimum absolute atomic E-state index is 0.115. The summed E-state index contributed by atoms with van der Waals surface area (Å²) >= 11 is 6.44. The fourth-order valence-corrected chi connectivity index (χ4v) is 5.68. The van der Waals surface area contributed by atoms with E-state index in [1.165, 1.54) is 23.1 Å². The molecule has 0 aliphatic carbocycles. The molecule has 0 saturated carbocycles. The quantitative estimate of drug-likeness (QED) is 0.224. The number of ether oxygens (including phenoxy) is 1. The van der Waals surface area contributed by atoms with Gasteiger partial charge in [0, 0.05) is 38.2 Å². The molecule has 0 radical (unpaired) electrons. The van der Waals surface area contributed by atoms with E-state index in [0.29, 0.717) is 41.8 Å². The van der Waals surface area contributed by atoms with Gasteiger partial charge in [-0.3, -0.25) is 14.4 Å². The number of carbonyl (C=O) groups excluding carboxylic acids is 3. The number of unbranched alkanes of at least 4 members (excludes halogenated alkanes) is 2. The Balaban J connectivity index is 1.29. The molecule has 2 N–H and O–H groups in total. The van der Waals surface area contributed by atoms with Gasteiger partial charge in [-0.15, -0.1) is 0 Å². The topological polar surface area (TPSA) is 102 Å². The monoisotopic (exact) mass is 634 g/mol. The van der Waals surface area contributed by atoms with Crippen LogP contribution in [0.3, 0.4) is 0 Å². The molecule has 3 aromatic carbocycles. The van der Waals surface area contributed by atoms with Gasteiger partial charge >= 0.3 is 0 Å². The van der Waals surface area contributed by atoms with Crippen LogP contribution in [-0.4, -0.2) is 79.5 Å². The molecule has 0 bridgehead atoms. The smallest absolute Gasteiger partial charge is 0.259 e. The summed E-state index contributed by atoms with van der Waals surface area (Å²) in [6, 6.07) is 17.1. The van der Waals surface area contributed by atoms with Gasteiger partial charge in [0.25, 0.3) is 11.8 Å². The zero-order valence-electron chi connectivity index (χ0n) is 26.5. The van der Waals surface area contributed by atoms with Crippen LogP contribution in [0.2, 0.25) is 5.02 Å². The van der Waals surface area contributed by atoms with Crippen LogP contribution in [0.4, 0.5) is 11.4 Å². The molecular weight excluding hydrogens is 592 g/mol. The highest BCUT2D eigenvalue weighted by Gasteiger charge is 2.24. The number of nitrogens with one attached hydrogen (secondary N) is 1. The molecule has 0 aromatic heterocycles. The Morgan fingerprint density at radius 2 is 1.71 bits per heavy atom. The van der Waals surface area contributed by atoms with Crippen molar-refractivity contribution in [1.82, 2.24) is 9.80 Å². The zero-order valence-corrected chi connectivity index (χ0v) is 27.3. The van der Waals surface area contributed by atoms with Crippen LogP contribution in [0.5, 0.6) is 11.5 Å². The van der Waals surface area contributed by atoms with Gasteiger partial charge in [0.15, 0.2) is 0 Å². The summed E-state index contributed by atoms with van der Waals surface area (Å²) in [6.07, 6.45) is 5.10. The maximum absolute atomic E-state index is 13.4. The van der Waals surface area contributed by atoms with Crippen LogP contribution in [-0.2, 0) is 4.79 Å². The summed E-state index contributed by atoms with van der Waals surface area (Å²) in [4.78, 5) is 44.4. The van der Waals surface area contributed by atoms with Gasteiger partial charge in [-0.1, -0.05) is 29.8 Å². The maximum atomic E-state index is 13.4. The summed E-state index contributed by atoms with van der Waals surface area (Å²) in [6.45, 7) is 4.10. The van der Waals surface area contributed by atoms with Gasteiger partial charge in [0.05, 0.1) is 28.6 Å². The van der Waals surface area contributed by atoms with Crippen LogP contribution in [0, 0.1) is 6.92 Å². The van der Waals surface area contributed by atoms with Gasteiger partial charge < -0.3 is 29.9 Å². The molecule has 0 atom stereocenters. The Morgan fingerprint density at radius 3 is 2.40 bits per heavy atom. The van der Waals surface area contributed by atoms with Gasteiger partial charge in [0.2, 0.25) is 5.91 Å². The number of piperidine rings is 1. The molecule has 10 heteroatoms. The van der Waals surface area contributed by atoms with E-state index in [2.05, 4.69) is 24.3 Å². The molecule has 3 amide bonds. The number of hydrogen-bond donors (Lipinski definition) is 2. The Morgan fingerprint density at radius 1 is 0.978 bits per heavy atom. The highest BCUT2D eigenvalue weighted by atomic mass is 35.5. The molecular formula is C35H43ClN4O5. The fourth-order valence-electron chi connectivity index (χ4n) is 5.45. The number of benzene rings is 3. The van der Waals surface area contributed by atoms with Gasteiger partial charge in [-0.2, -0.15) is 0 Å². The third-order valence-electron chi connectivity index (χ3n) is 8.23. The highest BCUT2D eigenvalue weighted by Crippen LogP contribution is 2.32. The van der Waals surface area contributed by atoms with E-state index in [1.807, 2.05) is 30.0 Å². The summed E-state index contributed by atoms with van der Waals surface area (Å²) in [5.74, 6) is -0.113. The van der Waals surface area contributed by atoms with E-state index in [9.17, 15) is 19.5 Å². The summed E-state index contributed by atoms with van der Waals surface area (Å²) in [5.41, 5.74) is 2.40. The standard InChI is InChI=1S/C35H43ClN4O5/c1-24-13-16-30(32(22-24)45-21-9-5-6-12-33(42)40-19-17-26(18-20-40)38(2)3)39(4)35(44)25-14-15-29(28(36)23-25)37-34(43)27-10-7-8-11-31(27)41/h7-8,10-11,13-16,22-23,26,41H,5-6,9,12,17-21H2,1-4H3,(H,37,43). The third kappa shape index (κ3) is 8.99. The normalized spacial score (nSPS) is 13.5. The molecule has 1 heterocycles. The lowest BCUT2D eigenvalue weighted by molar-refractivity contribution is -0.132. The number of phenolic OH excluding ortho intramolecular Hbond substituents is 1. The Bertz CT molecular complexity index is 1500. The molecule has 240 valence electrons. The molecule has 0 unspecified atom stereocenters. The summed E-state index contributed by atoms with van der Waals surface area (Å²) in [5, 5.41) is 12.8. The first-order chi connectivity index (χ1) is 21.5. The number of halogens is 1. The van der Waals surface area contributed by atoms with E-state index in [0.717, 1.165) is 50.8 Å². The van der Waals surface area contributed by atoms with Gasteiger partial charge in [0.1, 0.15) is 11.5 Å². The lowest BCUT2D eigenvalue weighted by Gasteiger charge is -2.35. The zero-order chi connectivity index (χ0) is 32.5. The van der Waals surface area contributed by atoms with Crippen molar-refractivity contribution in [2.75, 3.05) is 51.1 Å². The highest BCUT2D eigenvalue weighted by molar-refractivity contribution is 6.34. The van der Waals surface area contributed by atoms with Crippen LogP contribution in [0.1, 0.15) is 64.8 Å². The second kappa shape index (κ2) is 15.8. The number of phenols is 1. The number of amides is 3. The number of aromatic hydroxyl groups is 1. The summed E-state index contributed by atoms with van der Waals surface area (Å²) < 4.78 is 6.13. The first-order valence-corrected chi connectivity index (χ1v) is 15.8. The van der Waals surface area contributed by atoms with E-state index < -0.39 is 5.91 Å². The largest absolute Gasteiger partial charge is 0.507 e. The molecule has 3 aromatic rings. The van der Waals surface area contributed by atoms with Crippen LogP contribution >= 0.6 is 11.6 Å². The predicted molar refractivity (Wildman–Crippen MR) is 179 cm³/mol. The molecule has 1 fully saturated rings. The molecule has 45 heavy (non-hydrogen) atoms. The van der Waals surface area contributed by atoms with Crippen LogP contribution < -0.4 is 15.0 Å². The number of nitrogens with zero attached hydrogens (tertiary/aromatic N) is 3. The van der Waals surface area contributed by atoms with Crippen molar-refractivity contribution in [1.29, 1.82) is 0 Å². The van der Waals surface area contributed by atoms with Crippen molar-refractivity contribution in [2.45, 2.75) is 51.5 Å². The number of rotatable bonds is 12. The van der Waals surface area contributed by atoms with Crippen LogP contribution in [0.25, 0.3) is 0 Å². The van der Waals surface area contributed by atoms with Gasteiger partial charge in [-0.25, -0.2) is 0 Å². The predicted octanol–water partition coefficient (Wildman–Crippen LogP) is 6.37. The number of hydrogen-bond acceptors (Lipinski definition) is 6. The summed E-state index contributed by atoms with van der Waals surface area (Å²) in [7, 11) is 5.87. The van der Waals surface area contributed by atoms with Crippen molar-refractivity contribution in [3.63, 3.8) is 0 Å². The van der Waals surface area contributed by atoms with Gasteiger partial charge in [-0.05, 0) is 101 Å². The number of carbonyl (C=O) groups is 3. The molecule has 1 saturated heterocycles. The molecule has 1 aliphatic rings. The average Bonchev–Trinajstić information content (AvgIpc) is 3.03. The lowest BCUT2D eigenvalue weighted by atomic mass is 10.0. The number of aryl methyl sites for hydroxylation is 1. The SMILES string of the molecule is Cc1ccc(N(C)C(=O)c2ccc(NC(=O)c3ccccc3O)c(Cl)c2)c(OCCCCCC(=O)N2CCC(N(C)C)CC2)c1. The third-order valence-corrected chi connectivity index (χ3v) is 8.55. The number of likely N-dealkylation sites (tertiary alicyclic amines) is 1. The minimum atomic E-state index is -0.514. The van der Waals surface area contributed by atoms with E-state index >= 15 is 0 Å². The first kappa shape index (κ1) is 33.8. The van der Waals surface area contributed by atoms with Crippen molar-refractivity contribution in [3.8, 4) is 11.5 Å². The maximum Gasteiger partial charge on any atom is 0.259 e. The van der Waals surface area contributed by atoms with Crippen molar-refractivity contribution >= 4 is 40.7 Å². The lowest BCUT2D eigenvalue weighted by Crippen LogP contribution is -2.44. The van der Waals surface area contributed by atoms with Crippen LogP contribution in [0.15, 0.2) is 60.7 Å².